The van der Waals surface area contributed by atoms with E-state index in [-0.39, 0.29) is 17.9 Å². The molecule has 3 rings (SSSR count). The molecule has 0 spiro atoms. The number of hydrogen-bond donors (Lipinski definition) is 1. The van der Waals surface area contributed by atoms with Gasteiger partial charge >= 0.3 is 0 Å². The minimum atomic E-state index is -0.0822. The smallest absolute Gasteiger partial charge is 0.231 e. The number of hydrogen-bond acceptors (Lipinski definition) is 3. The fraction of sp³-hybridized carbons (Fsp3) is 0.444. The van der Waals surface area contributed by atoms with Gasteiger partial charge in [0.1, 0.15) is 5.82 Å². The lowest BCUT2D eigenvalue weighted by atomic mass is 9.94. The Bertz CT molecular complexity index is 639. The summed E-state index contributed by atoms with van der Waals surface area (Å²) in [4.78, 5) is 12.5. The first-order chi connectivity index (χ1) is 11.2. The summed E-state index contributed by atoms with van der Waals surface area (Å²) in [7, 11) is 0. The fourth-order valence-electron chi connectivity index (χ4n) is 2.98. The van der Waals surface area contributed by atoms with E-state index in [1.54, 1.807) is 6.20 Å². The minimum Gasteiger partial charge on any atom is -0.378 e. The third-order valence-corrected chi connectivity index (χ3v) is 4.37. The van der Waals surface area contributed by atoms with Crippen molar-refractivity contribution in [2.75, 3.05) is 11.9 Å². The van der Waals surface area contributed by atoms with E-state index in [1.165, 1.54) is 5.56 Å². The van der Waals surface area contributed by atoms with Gasteiger partial charge in [-0.05, 0) is 31.7 Å². The van der Waals surface area contributed by atoms with Crippen LogP contribution in [0.3, 0.4) is 0 Å². The highest BCUT2D eigenvalue weighted by molar-refractivity contribution is 5.92. The number of benzene rings is 1. The summed E-state index contributed by atoms with van der Waals surface area (Å²) >= 11 is 0. The number of nitrogens with zero attached hydrogens (tertiary/aromatic N) is 2. The number of nitrogens with one attached hydrogen (secondary N) is 1. The van der Waals surface area contributed by atoms with E-state index in [4.69, 9.17) is 4.74 Å². The normalized spacial score (nSPS) is 21.1. The van der Waals surface area contributed by atoms with Gasteiger partial charge in [-0.3, -0.25) is 4.79 Å². The maximum atomic E-state index is 12.5. The molecule has 5 nitrogen and oxygen atoms in total. The van der Waals surface area contributed by atoms with Crippen molar-refractivity contribution < 1.29 is 9.53 Å². The van der Waals surface area contributed by atoms with Gasteiger partial charge in [-0.1, -0.05) is 30.3 Å². The third kappa shape index (κ3) is 3.99. The Morgan fingerprint density at radius 3 is 2.96 bits per heavy atom. The first kappa shape index (κ1) is 15.7. The fourth-order valence-corrected chi connectivity index (χ4v) is 2.98. The van der Waals surface area contributed by atoms with Crippen LogP contribution in [-0.2, 0) is 22.5 Å². The maximum Gasteiger partial charge on any atom is 0.231 e. The highest BCUT2D eigenvalue weighted by Crippen LogP contribution is 2.22. The van der Waals surface area contributed by atoms with E-state index in [2.05, 4.69) is 22.5 Å². The van der Waals surface area contributed by atoms with E-state index in [0.717, 1.165) is 38.2 Å². The van der Waals surface area contributed by atoms with Crippen molar-refractivity contribution in [2.24, 2.45) is 5.92 Å². The molecule has 1 aromatic heterocycles. The summed E-state index contributed by atoms with van der Waals surface area (Å²) in [5.41, 5.74) is 1.26. The molecule has 0 saturated carbocycles. The SMILES string of the molecule is CC1OCCCC1C(=O)Nc1ccnn1CCc1ccccc1. The molecular weight excluding hydrogens is 290 g/mol. The van der Waals surface area contributed by atoms with E-state index in [0.29, 0.717) is 0 Å². The van der Waals surface area contributed by atoms with E-state index >= 15 is 0 Å². The molecule has 0 bridgehead atoms. The van der Waals surface area contributed by atoms with Crippen LogP contribution in [0.25, 0.3) is 0 Å². The molecule has 23 heavy (non-hydrogen) atoms. The number of ether oxygens (including phenoxy) is 1. The predicted octanol–water partition coefficient (Wildman–Crippen LogP) is 2.88. The van der Waals surface area contributed by atoms with Crippen LogP contribution in [0, 0.1) is 5.92 Å². The second kappa shape index (κ2) is 7.42. The monoisotopic (exact) mass is 313 g/mol. The van der Waals surface area contributed by atoms with E-state index < -0.39 is 0 Å². The number of aromatic nitrogens is 2. The molecule has 122 valence electrons. The number of anilines is 1. The van der Waals surface area contributed by atoms with Gasteiger partial charge in [0.05, 0.1) is 18.2 Å². The molecule has 2 aromatic rings. The van der Waals surface area contributed by atoms with Crippen LogP contribution in [0.4, 0.5) is 5.82 Å². The molecule has 1 aliphatic rings. The second-order valence-corrected chi connectivity index (χ2v) is 5.99. The lowest BCUT2D eigenvalue weighted by Crippen LogP contribution is -2.36. The highest BCUT2D eigenvalue weighted by atomic mass is 16.5. The number of aryl methyl sites for hydroxylation is 2. The summed E-state index contributed by atoms with van der Waals surface area (Å²) in [6, 6.07) is 12.1. The molecule has 1 aromatic carbocycles. The van der Waals surface area contributed by atoms with Gasteiger partial charge < -0.3 is 10.1 Å². The van der Waals surface area contributed by atoms with Gasteiger partial charge in [-0.2, -0.15) is 5.10 Å². The van der Waals surface area contributed by atoms with Gasteiger partial charge in [-0.25, -0.2) is 4.68 Å². The zero-order valence-electron chi connectivity index (χ0n) is 13.4. The summed E-state index contributed by atoms with van der Waals surface area (Å²) in [5, 5.41) is 7.33. The first-order valence-electron chi connectivity index (χ1n) is 8.22. The van der Waals surface area contributed by atoms with Crippen molar-refractivity contribution in [3.8, 4) is 0 Å². The predicted molar refractivity (Wildman–Crippen MR) is 89.1 cm³/mol. The molecule has 1 N–H and O–H groups in total. The van der Waals surface area contributed by atoms with Crippen molar-refractivity contribution in [3.05, 3.63) is 48.2 Å². The van der Waals surface area contributed by atoms with Crippen LogP contribution in [0.15, 0.2) is 42.6 Å². The molecule has 1 amide bonds. The Morgan fingerprint density at radius 2 is 2.17 bits per heavy atom. The van der Waals surface area contributed by atoms with Crippen molar-refractivity contribution in [3.63, 3.8) is 0 Å². The van der Waals surface area contributed by atoms with E-state index in [9.17, 15) is 4.79 Å². The molecule has 1 fully saturated rings. The molecule has 2 atom stereocenters. The van der Waals surface area contributed by atoms with Crippen LogP contribution < -0.4 is 5.32 Å². The van der Waals surface area contributed by atoms with Gasteiger partial charge in [0.15, 0.2) is 0 Å². The first-order valence-corrected chi connectivity index (χ1v) is 8.22. The number of carbonyl (C=O) groups is 1. The van der Waals surface area contributed by atoms with Crippen molar-refractivity contribution in [1.29, 1.82) is 0 Å². The molecule has 2 heterocycles. The minimum absolute atomic E-state index is 0.0237. The van der Waals surface area contributed by atoms with Crippen molar-refractivity contribution in [1.82, 2.24) is 9.78 Å². The van der Waals surface area contributed by atoms with Crippen molar-refractivity contribution in [2.45, 2.75) is 38.8 Å². The standard InChI is InChI=1S/C18H23N3O2/c1-14-16(8-5-13-23-14)18(22)20-17-9-11-19-21(17)12-10-15-6-3-2-4-7-15/h2-4,6-7,9,11,14,16H,5,8,10,12-13H2,1H3,(H,20,22). The van der Waals surface area contributed by atoms with Crippen LogP contribution in [-0.4, -0.2) is 28.4 Å². The van der Waals surface area contributed by atoms with Crippen LogP contribution >= 0.6 is 0 Å². The van der Waals surface area contributed by atoms with Gasteiger partial charge in [-0.15, -0.1) is 0 Å². The molecule has 1 saturated heterocycles. The van der Waals surface area contributed by atoms with E-state index in [1.807, 2.05) is 35.9 Å². The number of rotatable bonds is 5. The lowest BCUT2D eigenvalue weighted by molar-refractivity contribution is -0.127. The largest absolute Gasteiger partial charge is 0.378 e. The molecule has 0 radical (unpaired) electrons. The maximum absolute atomic E-state index is 12.5. The lowest BCUT2D eigenvalue weighted by Gasteiger charge is -2.28. The number of amides is 1. The van der Waals surface area contributed by atoms with Gasteiger partial charge in [0.2, 0.25) is 5.91 Å². The average Bonchev–Trinajstić information content (AvgIpc) is 3.01. The number of carbonyl (C=O) groups excluding carboxylic acids is 1. The summed E-state index contributed by atoms with van der Waals surface area (Å²) < 4.78 is 7.43. The Morgan fingerprint density at radius 1 is 1.35 bits per heavy atom. The topological polar surface area (TPSA) is 56.1 Å². The average molecular weight is 313 g/mol. The Kier molecular flexibility index (Phi) is 5.08. The molecular formula is C18H23N3O2. The molecule has 2 unspecified atom stereocenters. The van der Waals surface area contributed by atoms with Crippen LogP contribution in [0.1, 0.15) is 25.3 Å². The summed E-state index contributed by atoms with van der Waals surface area (Å²) in [5.74, 6) is 0.698. The quantitative estimate of drug-likeness (QED) is 0.923. The van der Waals surface area contributed by atoms with Crippen LogP contribution in [0.5, 0.6) is 0 Å². The zero-order chi connectivity index (χ0) is 16.1. The molecule has 5 heteroatoms. The zero-order valence-corrected chi connectivity index (χ0v) is 13.4. The van der Waals surface area contributed by atoms with Crippen LogP contribution in [0.2, 0.25) is 0 Å². The third-order valence-electron chi connectivity index (χ3n) is 4.37. The molecule has 0 aliphatic carbocycles. The van der Waals surface area contributed by atoms with Gasteiger partial charge in [0, 0.05) is 19.2 Å². The summed E-state index contributed by atoms with van der Waals surface area (Å²) in [6.45, 7) is 3.46. The molecule has 1 aliphatic heterocycles. The Hall–Kier alpha value is -2.14. The Labute approximate surface area is 136 Å². The Balaban J connectivity index is 1.60. The summed E-state index contributed by atoms with van der Waals surface area (Å²) in [6.07, 6.45) is 4.40. The second-order valence-electron chi connectivity index (χ2n) is 5.99. The van der Waals surface area contributed by atoms with Gasteiger partial charge in [0.25, 0.3) is 0 Å². The highest BCUT2D eigenvalue weighted by Gasteiger charge is 2.29. The van der Waals surface area contributed by atoms with Crippen molar-refractivity contribution >= 4 is 11.7 Å².